The summed E-state index contributed by atoms with van der Waals surface area (Å²) in [5.74, 6) is 0.327. The first-order valence-corrected chi connectivity index (χ1v) is 11.6. The number of fused-ring (bicyclic) bond motifs is 1. The zero-order valence-electron chi connectivity index (χ0n) is 16.9. The fourth-order valence-corrected chi connectivity index (χ4v) is 5.14. The van der Waals surface area contributed by atoms with Crippen LogP contribution in [0, 0.1) is 6.92 Å². The van der Waals surface area contributed by atoms with E-state index >= 15 is 0 Å². The molecule has 1 amide bonds. The highest BCUT2D eigenvalue weighted by molar-refractivity contribution is 8.00. The summed E-state index contributed by atoms with van der Waals surface area (Å²) in [6, 6.07) is 11.9. The largest absolute Gasteiger partial charge is 0.416 e. The summed E-state index contributed by atoms with van der Waals surface area (Å²) in [5.41, 5.74) is 1.04. The van der Waals surface area contributed by atoms with Crippen molar-refractivity contribution in [1.29, 1.82) is 0 Å². The topological polar surface area (TPSA) is 64.0 Å². The van der Waals surface area contributed by atoms with E-state index in [0.29, 0.717) is 28.5 Å². The van der Waals surface area contributed by atoms with Crippen LogP contribution in [0.5, 0.6) is 0 Å². The van der Waals surface area contributed by atoms with Crippen molar-refractivity contribution < 1.29 is 18.0 Å². The Hall–Kier alpha value is -2.72. The van der Waals surface area contributed by atoms with Gasteiger partial charge in [-0.15, -0.1) is 11.8 Å². The maximum Gasteiger partial charge on any atom is 0.416 e. The number of amides is 1. The Morgan fingerprint density at radius 3 is 2.75 bits per heavy atom. The molecule has 0 saturated carbocycles. The first-order chi connectivity index (χ1) is 15.2. The third kappa shape index (κ3) is 4.86. The fraction of sp³-hybridized carbons (Fsp3) is 0.227. The van der Waals surface area contributed by atoms with Gasteiger partial charge in [-0.25, -0.2) is 4.98 Å². The molecule has 0 bridgehead atoms. The monoisotopic (exact) mass is 477 g/mol. The summed E-state index contributed by atoms with van der Waals surface area (Å²) in [4.78, 5) is 30.5. The minimum absolute atomic E-state index is 0.0503. The number of nitrogens with one attached hydrogen (secondary N) is 1. The molecule has 0 radical (unpaired) electrons. The van der Waals surface area contributed by atoms with Crippen molar-refractivity contribution in [3.8, 4) is 5.69 Å². The van der Waals surface area contributed by atoms with Gasteiger partial charge in [0.25, 0.3) is 5.56 Å². The lowest BCUT2D eigenvalue weighted by atomic mass is 10.2. The summed E-state index contributed by atoms with van der Waals surface area (Å²) in [6.45, 7) is 1.91. The van der Waals surface area contributed by atoms with Crippen molar-refractivity contribution >= 4 is 35.1 Å². The van der Waals surface area contributed by atoms with E-state index in [1.807, 2.05) is 25.1 Å². The predicted molar refractivity (Wildman–Crippen MR) is 120 cm³/mol. The average molecular weight is 478 g/mol. The highest BCUT2D eigenvalue weighted by atomic mass is 32.2. The molecule has 3 aromatic rings. The highest BCUT2D eigenvalue weighted by Crippen LogP contribution is 2.33. The van der Waals surface area contributed by atoms with Gasteiger partial charge in [-0.05, 0) is 42.8 Å². The van der Waals surface area contributed by atoms with Gasteiger partial charge < -0.3 is 5.32 Å². The second kappa shape index (κ2) is 9.03. The van der Waals surface area contributed by atoms with Gasteiger partial charge in [0.2, 0.25) is 5.91 Å². The van der Waals surface area contributed by atoms with Crippen LogP contribution in [0.3, 0.4) is 0 Å². The van der Waals surface area contributed by atoms with Gasteiger partial charge in [0.05, 0.1) is 27.6 Å². The van der Waals surface area contributed by atoms with Crippen LogP contribution in [-0.4, -0.2) is 27.0 Å². The number of nitrogens with zero attached hydrogens (tertiary/aromatic N) is 2. The van der Waals surface area contributed by atoms with Gasteiger partial charge in [-0.2, -0.15) is 13.2 Å². The van der Waals surface area contributed by atoms with Crippen LogP contribution in [0.25, 0.3) is 5.69 Å². The van der Waals surface area contributed by atoms with Crippen LogP contribution in [0.1, 0.15) is 16.8 Å². The number of carbonyl (C=O) groups excluding carboxylic acids is 1. The van der Waals surface area contributed by atoms with Gasteiger partial charge in [-0.3, -0.25) is 14.2 Å². The Bertz CT molecular complexity index is 1240. The number of aryl methyl sites for hydroxylation is 2. The Morgan fingerprint density at radius 1 is 1.22 bits per heavy atom. The third-order valence-electron chi connectivity index (χ3n) is 4.73. The zero-order chi connectivity index (χ0) is 22.9. The molecular formula is C22H18F3N3O2S2. The smallest absolute Gasteiger partial charge is 0.325 e. The van der Waals surface area contributed by atoms with Crippen molar-refractivity contribution in [2.45, 2.75) is 29.6 Å². The molecule has 0 aliphatic carbocycles. The quantitative estimate of drug-likeness (QED) is 0.417. The van der Waals surface area contributed by atoms with E-state index in [1.165, 1.54) is 23.9 Å². The lowest BCUT2D eigenvalue weighted by Gasteiger charge is -2.15. The van der Waals surface area contributed by atoms with Crippen LogP contribution in [0.2, 0.25) is 0 Å². The molecule has 0 unspecified atom stereocenters. The van der Waals surface area contributed by atoms with Crippen molar-refractivity contribution in [2.24, 2.45) is 0 Å². The zero-order valence-corrected chi connectivity index (χ0v) is 18.5. The molecule has 166 valence electrons. The lowest BCUT2D eigenvalue weighted by Crippen LogP contribution is -2.25. The second-order valence-corrected chi connectivity index (χ2v) is 9.21. The normalized spacial score (nSPS) is 13.1. The van der Waals surface area contributed by atoms with Gasteiger partial charge in [0, 0.05) is 17.9 Å². The molecular weight excluding hydrogens is 459 g/mol. The SMILES string of the molecule is Cc1cccc(NC(=O)CSc2nc3c(c(=O)n2-c2cccc(C(F)(F)F)c2)SCC3)c1. The van der Waals surface area contributed by atoms with E-state index in [-0.39, 0.29) is 22.5 Å². The van der Waals surface area contributed by atoms with Crippen LogP contribution >= 0.6 is 23.5 Å². The average Bonchev–Trinajstić information content (AvgIpc) is 3.21. The third-order valence-corrected chi connectivity index (χ3v) is 6.78. The summed E-state index contributed by atoms with van der Waals surface area (Å²) in [7, 11) is 0. The molecule has 5 nitrogen and oxygen atoms in total. The summed E-state index contributed by atoms with van der Waals surface area (Å²) >= 11 is 2.36. The van der Waals surface area contributed by atoms with Gasteiger partial charge in [-0.1, -0.05) is 30.0 Å². The van der Waals surface area contributed by atoms with E-state index < -0.39 is 17.3 Å². The van der Waals surface area contributed by atoms with Gasteiger partial charge in [0.15, 0.2) is 5.16 Å². The number of halogens is 3. The Balaban J connectivity index is 1.66. The number of rotatable bonds is 5. The van der Waals surface area contributed by atoms with Crippen molar-refractivity contribution in [1.82, 2.24) is 9.55 Å². The highest BCUT2D eigenvalue weighted by Gasteiger charge is 2.31. The van der Waals surface area contributed by atoms with Crippen LogP contribution in [0.4, 0.5) is 18.9 Å². The maximum absolute atomic E-state index is 13.2. The van der Waals surface area contributed by atoms with Crippen molar-refractivity contribution in [3.05, 3.63) is 75.7 Å². The van der Waals surface area contributed by atoms with E-state index in [2.05, 4.69) is 10.3 Å². The summed E-state index contributed by atoms with van der Waals surface area (Å²) in [5, 5.41) is 2.97. The Morgan fingerprint density at radius 2 is 2.00 bits per heavy atom. The molecule has 1 N–H and O–H groups in total. The molecule has 0 atom stereocenters. The van der Waals surface area contributed by atoms with Crippen LogP contribution in [-0.2, 0) is 17.4 Å². The number of alkyl halides is 3. The van der Waals surface area contributed by atoms with Crippen molar-refractivity contribution in [2.75, 3.05) is 16.8 Å². The number of aromatic nitrogens is 2. The molecule has 0 spiro atoms. The maximum atomic E-state index is 13.2. The van der Waals surface area contributed by atoms with Crippen molar-refractivity contribution in [3.63, 3.8) is 0 Å². The number of hydrogen-bond acceptors (Lipinski definition) is 5. The van der Waals surface area contributed by atoms with E-state index in [0.717, 1.165) is 34.0 Å². The first-order valence-electron chi connectivity index (χ1n) is 9.68. The Kier molecular flexibility index (Phi) is 6.34. The molecule has 4 rings (SSSR count). The van der Waals surface area contributed by atoms with E-state index in [1.54, 1.807) is 6.07 Å². The summed E-state index contributed by atoms with van der Waals surface area (Å²) < 4.78 is 40.8. The second-order valence-electron chi connectivity index (χ2n) is 7.16. The molecule has 32 heavy (non-hydrogen) atoms. The Labute approximate surface area is 190 Å². The van der Waals surface area contributed by atoms with Gasteiger partial charge in [0.1, 0.15) is 0 Å². The minimum Gasteiger partial charge on any atom is -0.325 e. The molecule has 0 saturated heterocycles. The number of benzene rings is 2. The molecule has 2 heterocycles. The number of carbonyl (C=O) groups is 1. The number of thioether (sulfide) groups is 2. The predicted octanol–water partition coefficient (Wildman–Crippen LogP) is 4.94. The first kappa shape index (κ1) is 22.5. The molecule has 2 aromatic carbocycles. The number of hydrogen-bond donors (Lipinski definition) is 1. The standard InChI is InChI=1S/C22H18F3N3O2S2/c1-13-4-2-6-15(10-13)26-18(29)12-32-21-27-17-8-9-31-19(17)20(30)28(21)16-7-3-5-14(11-16)22(23,24)25/h2-7,10-11H,8-9,12H2,1H3,(H,26,29). The minimum atomic E-state index is -4.54. The van der Waals surface area contributed by atoms with E-state index in [4.69, 9.17) is 0 Å². The fourth-order valence-electron chi connectivity index (χ4n) is 3.29. The molecule has 1 aliphatic rings. The molecule has 1 aliphatic heterocycles. The molecule has 1 aromatic heterocycles. The van der Waals surface area contributed by atoms with E-state index in [9.17, 15) is 22.8 Å². The van der Waals surface area contributed by atoms with Gasteiger partial charge >= 0.3 is 6.18 Å². The summed E-state index contributed by atoms with van der Waals surface area (Å²) in [6.07, 6.45) is -3.94. The molecule has 0 fully saturated rings. The lowest BCUT2D eigenvalue weighted by molar-refractivity contribution is -0.137. The molecule has 10 heteroatoms. The van der Waals surface area contributed by atoms with Crippen LogP contribution in [0.15, 0.2) is 63.4 Å². The van der Waals surface area contributed by atoms with Crippen LogP contribution < -0.4 is 10.9 Å². The number of anilines is 1.